The zero-order valence-corrected chi connectivity index (χ0v) is 21.4. The molecule has 200 valence electrons. The Hall–Kier alpha value is -4.22. The van der Waals surface area contributed by atoms with Crippen LogP contribution in [0, 0.1) is 0 Å². The quantitative estimate of drug-likeness (QED) is 0.298. The van der Waals surface area contributed by atoms with Crippen molar-refractivity contribution in [3.8, 4) is 0 Å². The highest BCUT2D eigenvalue weighted by molar-refractivity contribution is 7.89. The summed E-state index contributed by atoms with van der Waals surface area (Å²) in [6, 6.07) is 23.1. The van der Waals surface area contributed by atoms with E-state index >= 15 is 0 Å². The monoisotopic (exact) mass is 539 g/mol. The number of hydrogen-bond donors (Lipinski definition) is 3. The van der Waals surface area contributed by atoms with Crippen molar-refractivity contribution in [1.82, 2.24) is 10.6 Å². The molecular weight excluding hydrogens is 510 g/mol. The summed E-state index contributed by atoms with van der Waals surface area (Å²) in [5, 5.41) is 10.2. The van der Waals surface area contributed by atoms with Gasteiger partial charge < -0.3 is 20.1 Å². The number of rotatable bonds is 12. The Morgan fingerprint density at radius 2 is 1.39 bits per heavy atom. The Morgan fingerprint density at radius 3 is 2.00 bits per heavy atom. The number of carbonyl (C=O) groups is 3. The average Bonchev–Trinajstić information content (AvgIpc) is 2.91. The molecule has 0 radical (unpaired) electrons. The lowest BCUT2D eigenvalue weighted by molar-refractivity contribution is -0.150. The lowest BCUT2D eigenvalue weighted by atomic mass is 10.1. The van der Waals surface area contributed by atoms with Crippen LogP contribution < -0.4 is 15.8 Å². The molecule has 0 aliphatic carbocycles. The molecule has 0 spiro atoms. The van der Waals surface area contributed by atoms with Crippen molar-refractivity contribution < 1.29 is 32.3 Å². The van der Waals surface area contributed by atoms with Crippen LogP contribution in [-0.2, 0) is 48.5 Å². The SMILES string of the molecule is NS(=O)(=O)c1ccc(CCNC(=O)COC(=O)[C@H](Cc2ccccc2)NC(=O)OCc2ccccc2)cc1. The normalized spacial score (nSPS) is 11.7. The van der Waals surface area contributed by atoms with E-state index in [1.807, 2.05) is 24.3 Å². The summed E-state index contributed by atoms with van der Waals surface area (Å²) in [5.74, 6) is -1.30. The summed E-state index contributed by atoms with van der Waals surface area (Å²) < 4.78 is 33.0. The highest BCUT2D eigenvalue weighted by atomic mass is 32.2. The number of alkyl carbamates (subject to hydrolysis) is 1. The molecule has 0 aromatic heterocycles. The van der Waals surface area contributed by atoms with Gasteiger partial charge in [0, 0.05) is 13.0 Å². The molecule has 0 fully saturated rings. The zero-order valence-electron chi connectivity index (χ0n) is 20.5. The highest BCUT2D eigenvalue weighted by Gasteiger charge is 2.24. The van der Waals surface area contributed by atoms with Crippen molar-refractivity contribution in [1.29, 1.82) is 0 Å². The average molecular weight is 540 g/mol. The maximum Gasteiger partial charge on any atom is 0.408 e. The Morgan fingerprint density at radius 1 is 0.789 bits per heavy atom. The van der Waals surface area contributed by atoms with E-state index in [-0.39, 0.29) is 24.5 Å². The van der Waals surface area contributed by atoms with Crippen molar-refractivity contribution in [2.45, 2.75) is 30.4 Å². The van der Waals surface area contributed by atoms with Crippen molar-refractivity contribution >= 4 is 28.0 Å². The second kappa shape index (κ2) is 13.9. The Balaban J connectivity index is 1.48. The van der Waals surface area contributed by atoms with Crippen LogP contribution >= 0.6 is 0 Å². The van der Waals surface area contributed by atoms with Gasteiger partial charge in [-0.15, -0.1) is 0 Å². The van der Waals surface area contributed by atoms with E-state index in [1.54, 1.807) is 48.5 Å². The number of nitrogens with two attached hydrogens (primary N) is 1. The van der Waals surface area contributed by atoms with Crippen LogP contribution in [0.4, 0.5) is 4.79 Å². The van der Waals surface area contributed by atoms with Gasteiger partial charge in [-0.2, -0.15) is 0 Å². The van der Waals surface area contributed by atoms with Gasteiger partial charge in [-0.1, -0.05) is 72.8 Å². The molecule has 10 nitrogen and oxygen atoms in total. The third-order valence-corrected chi connectivity index (χ3v) is 6.33. The molecule has 3 aromatic rings. The van der Waals surface area contributed by atoms with Crippen LogP contribution in [0.25, 0.3) is 0 Å². The zero-order chi connectivity index (χ0) is 27.4. The van der Waals surface area contributed by atoms with Crippen LogP contribution in [-0.4, -0.2) is 45.6 Å². The van der Waals surface area contributed by atoms with E-state index in [0.717, 1.165) is 16.7 Å². The van der Waals surface area contributed by atoms with E-state index in [4.69, 9.17) is 14.6 Å². The van der Waals surface area contributed by atoms with E-state index in [1.165, 1.54) is 12.1 Å². The molecule has 3 rings (SSSR count). The number of benzene rings is 3. The number of hydrogen-bond acceptors (Lipinski definition) is 7. The molecule has 0 bridgehead atoms. The summed E-state index contributed by atoms with van der Waals surface area (Å²) in [6.07, 6.45) is -0.212. The van der Waals surface area contributed by atoms with Gasteiger partial charge in [0.2, 0.25) is 10.0 Å². The number of amides is 2. The number of esters is 1. The number of nitrogens with one attached hydrogen (secondary N) is 2. The first-order valence-corrected chi connectivity index (χ1v) is 13.3. The molecule has 2 amide bonds. The number of sulfonamides is 1. The van der Waals surface area contributed by atoms with Crippen LogP contribution in [0.2, 0.25) is 0 Å². The van der Waals surface area contributed by atoms with Crippen LogP contribution in [0.3, 0.4) is 0 Å². The van der Waals surface area contributed by atoms with E-state index in [2.05, 4.69) is 10.6 Å². The smallest absolute Gasteiger partial charge is 0.408 e. The molecule has 0 aliphatic rings. The summed E-state index contributed by atoms with van der Waals surface area (Å²) in [6.45, 7) is -0.259. The molecule has 11 heteroatoms. The molecule has 0 heterocycles. The first kappa shape index (κ1) is 28.4. The molecule has 0 aliphatic heterocycles. The minimum absolute atomic E-state index is 0.000174. The summed E-state index contributed by atoms with van der Waals surface area (Å²) in [4.78, 5) is 37.3. The van der Waals surface area contributed by atoms with Gasteiger partial charge in [0.1, 0.15) is 12.6 Å². The Labute approximate surface area is 221 Å². The standard InChI is InChI=1S/C27H29N3O7S/c28-38(34,35)23-13-11-20(12-14-23)15-16-29-25(31)19-36-26(32)24(17-21-7-3-1-4-8-21)30-27(33)37-18-22-9-5-2-6-10-22/h1-14,24H,15-19H2,(H,29,31)(H,30,33)(H2,28,34,35)/t24-/m0/s1. The van der Waals surface area contributed by atoms with Crippen molar-refractivity contribution in [2.75, 3.05) is 13.2 Å². The lowest BCUT2D eigenvalue weighted by Gasteiger charge is -2.18. The van der Waals surface area contributed by atoms with Gasteiger partial charge in [-0.25, -0.2) is 23.1 Å². The fraction of sp³-hybridized carbons (Fsp3) is 0.222. The fourth-order valence-electron chi connectivity index (χ4n) is 3.43. The van der Waals surface area contributed by atoms with Crippen LogP contribution in [0.5, 0.6) is 0 Å². The van der Waals surface area contributed by atoms with Gasteiger partial charge in [-0.3, -0.25) is 4.79 Å². The molecule has 4 N–H and O–H groups in total. The third-order valence-electron chi connectivity index (χ3n) is 5.41. The van der Waals surface area contributed by atoms with E-state index in [0.29, 0.717) is 6.42 Å². The predicted octanol–water partition coefficient (Wildman–Crippen LogP) is 2.07. The Bertz CT molecular complexity index is 1320. The van der Waals surface area contributed by atoms with Gasteiger partial charge in [-0.05, 0) is 35.2 Å². The topological polar surface area (TPSA) is 154 Å². The molecule has 38 heavy (non-hydrogen) atoms. The van der Waals surface area contributed by atoms with Gasteiger partial charge in [0.25, 0.3) is 5.91 Å². The second-order valence-corrected chi connectivity index (χ2v) is 9.91. The summed E-state index contributed by atoms with van der Waals surface area (Å²) in [5.41, 5.74) is 2.37. The number of primary sulfonamides is 1. The molecule has 3 aromatic carbocycles. The minimum Gasteiger partial charge on any atom is -0.454 e. The van der Waals surface area contributed by atoms with E-state index in [9.17, 15) is 22.8 Å². The molecule has 0 unspecified atom stereocenters. The maximum atomic E-state index is 12.7. The molecular formula is C27H29N3O7S. The van der Waals surface area contributed by atoms with Crippen molar-refractivity contribution in [3.63, 3.8) is 0 Å². The first-order chi connectivity index (χ1) is 18.2. The molecule has 0 saturated carbocycles. The minimum atomic E-state index is -3.77. The Kier molecular flexibility index (Phi) is 10.4. The van der Waals surface area contributed by atoms with Gasteiger partial charge in [0.05, 0.1) is 4.90 Å². The fourth-order valence-corrected chi connectivity index (χ4v) is 3.95. The van der Waals surface area contributed by atoms with Crippen LogP contribution in [0.1, 0.15) is 16.7 Å². The highest BCUT2D eigenvalue weighted by Crippen LogP contribution is 2.09. The summed E-state index contributed by atoms with van der Waals surface area (Å²) in [7, 11) is -3.77. The van der Waals surface area contributed by atoms with Gasteiger partial charge >= 0.3 is 12.1 Å². The summed E-state index contributed by atoms with van der Waals surface area (Å²) >= 11 is 0. The van der Waals surface area contributed by atoms with Crippen LogP contribution in [0.15, 0.2) is 89.8 Å². The largest absolute Gasteiger partial charge is 0.454 e. The predicted molar refractivity (Wildman–Crippen MR) is 139 cm³/mol. The van der Waals surface area contributed by atoms with Crippen molar-refractivity contribution in [2.24, 2.45) is 5.14 Å². The van der Waals surface area contributed by atoms with Gasteiger partial charge in [0.15, 0.2) is 6.61 Å². The maximum absolute atomic E-state index is 12.7. The second-order valence-electron chi connectivity index (χ2n) is 8.35. The lowest BCUT2D eigenvalue weighted by Crippen LogP contribution is -2.44. The molecule has 1 atom stereocenters. The third kappa shape index (κ3) is 9.68. The number of ether oxygens (including phenoxy) is 2. The van der Waals surface area contributed by atoms with E-state index < -0.39 is 40.6 Å². The van der Waals surface area contributed by atoms with Crippen molar-refractivity contribution in [3.05, 3.63) is 102 Å². The number of carbonyl (C=O) groups excluding carboxylic acids is 3. The first-order valence-electron chi connectivity index (χ1n) is 11.8. The molecule has 0 saturated heterocycles.